The molecule has 0 rings (SSSR count). The topological polar surface area (TPSA) is 138 Å². The lowest BCUT2D eigenvalue weighted by Crippen LogP contribution is -2.28. The number of hydrogen-bond donors (Lipinski definition) is 3. The number of aliphatic hydroxyl groups excluding tert-OH is 1. The third kappa shape index (κ3) is 38.5. The molecule has 0 saturated heterocycles. The summed E-state index contributed by atoms with van der Waals surface area (Å²) in [6.45, 7) is 4.77. The first-order chi connectivity index (χ1) is 24.8. The molecule has 0 amide bonds. The lowest BCUT2D eigenvalue weighted by Gasteiger charge is -2.20. The Morgan fingerprint density at radius 3 is 1.78 bits per heavy atom. The molecule has 0 aliphatic heterocycles. The average Bonchev–Trinajstić information content (AvgIpc) is 3.11. The Hall–Kier alpha value is -1.06. The number of allylic oxidation sites excluding steroid dienone is 3. The van der Waals surface area contributed by atoms with Crippen LogP contribution < -0.4 is 5.73 Å². The molecule has 0 aromatic rings. The molecule has 0 bridgehead atoms. The Labute approximate surface area is 313 Å². The first-order valence-electron chi connectivity index (χ1n) is 20.9. The van der Waals surface area contributed by atoms with Crippen LogP contribution in [0.15, 0.2) is 24.3 Å². The Morgan fingerprint density at radius 2 is 1.16 bits per heavy atom. The maximum atomic E-state index is 12.6. The number of phosphoric ester groups is 1. The van der Waals surface area contributed by atoms with Gasteiger partial charge < -0.3 is 25.2 Å². The number of carbonyl (C=O) groups excluding carboxylic acids is 1. The predicted octanol–water partition coefficient (Wildman–Crippen LogP) is 11.1. The molecule has 0 fully saturated rings. The molecular formula is C41H80NO8P. The molecular weight excluding hydrogens is 665 g/mol. The molecule has 0 heterocycles. The van der Waals surface area contributed by atoms with E-state index in [-0.39, 0.29) is 44.9 Å². The van der Waals surface area contributed by atoms with E-state index in [1.54, 1.807) is 0 Å². The monoisotopic (exact) mass is 746 g/mol. The summed E-state index contributed by atoms with van der Waals surface area (Å²) in [5.74, 6) is -0.369. The summed E-state index contributed by atoms with van der Waals surface area (Å²) in [6, 6.07) is 0. The summed E-state index contributed by atoms with van der Waals surface area (Å²) in [4.78, 5) is 22.4. The van der Waals surface area contributed by atoms with Crippen LogP contribution in [0.2, 0.25) is 0 Å². The van der Waals surface area contributed by atoms with Gasteiger partial charge in [-0.2, -0.15) is 0 Å². The van der Waals surface area contributed by atoms with Crippen molar-refractivity contribution in [2.75, 3.05) is 33.0 Å². The molecule has 10 heteroatoms. The Bertz CT molecular complexity index is 856. The van der Waals surface area contributed by atoms with E-state index in [1.807, 2.05) is 0 Å². The maximum absolute atomic E-state index is 12.6. The Kier molecular flexibility index (Phi) is 37.9. The van der Waals surface area contributed by atoms with Crippen molar-refractivity contribution in [1.82, 2.24) is 0 Å². The van der Waals surface area contributed by atoms with Gasteiger partial charge in [0.1, 0.15) is 6.10 Å². The second-order valence-corrected chi connectivity index (χ2v) is 15.5. The van der Waals surface area contributed by atoms with Crippen LogP contribution in [0.1, 0.15) is 187 Å². The average molecular weight is 746 g/mol. The van der Waals surface area contributed by atoms with Gasteiger partial charge >= 0.3 is 13.8 Å². The van der Waals surface area contributed by atoms with Gasteiger partial charge in [0.2, 0.25) is 0 Å². The van der Waals surface area contributed by atoms with Crippen molar-refractivity contribution in [2.45, 2.75) is 199 Å². The zero-order chi connectivity index (χ0) is 37.5. The molecule has 3 unspecified atom stereocenters. The molecule has 9 nitrogen and oxygen atoms in total. The number of nitrogens with two attached hydrogens (primary N) is 1. The number of aliphatic hydroxyl groups is 1. The Balaban J connectivity index is 4.11. The van der Waals surface area contributed by atoms with Gasteiger partial charge in [-0.1, -0.05) is 141 Å². The van der Waals surface area contributed by atoms with Gasteiger partial charge in [0.25, 0.3) is 0 Å². The molecule has 51 heavy (non-hydrogen) atoms. The lowest BCUT2D eigenvalue weighted by atomic mass is 10.0. The molecule has 4 N–H and O–H groups in total. The fourth-order valence-corrected chi connectivity index (χ4v) is 6.53. The van der Waals surface area contributed by atoms with Crippen LogP contribution in [-0.2, 0) is 27.9 Å². The normalized spacial score (nSPS) is 14.4. The highest BCUT2D eigenvalue weighted by Crippen LogP contribution is 2.43. The molecule has 0 spiro atoms. The van der Waals surface area contributed by atoms with Gasteiger partial charge in [-0.3, -0.25) is 13.8 Å². The number of carbonyl (C=O) groups is 1. The minimum Gasteiger partial charge on any atom is -0.457 e. The number of esters is 1. The smallest absolute Gasteiger partial charge is 0.457 e. The van der Waals surface area contributed by atoms with Crippen molar-refractivity contribution in [3.05, 3.63) is 24.3 Å². The van der Waals surface area contributed by atoms with E-state index in [0.717, 1.165) is 70.6 Å². The van der Waals surface area contributed by atoms with Crippen LogP contribution in [0.3, 0.4) is 0 Å². The third-order valence-electron chi connectivity index (χ3n) is 8.92. The van der Waals surface area contributed by atoms with E-state index in [9.17, 15) is 19.4 Å². The molecule has 0 aromatic heterocycles. The number of hydrogen-bond acceptors (Lipinski definition) is 8. The molecule has 0 saturated carbocycles. The van der Waals surface area contributed by atoms with Crippen LogP contribution in [-0.4, -0.2) is 61.1 Å². The Morgan fingerprint density at radius 1 is 0.647 bits per heavy atom. The molecule has 302 valence electrons. The zero-order valence-corrected chi connectivity index (χ0v) is 33.9. The van der Waals surface area contributed by atoms with E-state index in [4.69, 9.17) is 24.3 Å². The SMILES string of the molecule is CCCCC/C=C/CC(O)CCCCCCCCC(=O)OC(COCCCCCCCC/C=C\CCCCCCCC)COP(=O)(O)OCCN. The standard InChI is InChI=1S/C41H80NO8P/c1-3-5-7-9-11-12-13-14-15-16-17-18-19-22-26-30-35-47-37-40(38-49-51(45,46)48-36-34-42)50-41(44)33-29-25-21-20-24-28-32-39(43)31-27-23-10-8-6-4-2/h14-15,23,27,39-40,43H,3-13,16-22,24-26,28-38,42H2,1-2H3,(H,45,46)/b15-14-,27-23+. The summed E-state index contributed by atoms with van der Waals surface area (Å²) in [5, 5.41) is 10.2. The van der Waals surface area contributed by atoms with Crippen molar-refractivity contribution in [3.63, 3.8) is 0 Å². The molecule has 3 atom stereocenters. The van der Waals surface area contributed by atoms with E-state index in [2.05, 4.69) is 38.2 Å². The van der Waals surface area contributed by atoms with Crippen LogP contribution in [0.4, 0.5) is 0 Å². The van der Waals surface area contributed by atoms with E-state index in [0.29, 0.717) is 13.0 Å². The summed E-state index contributed by atoms with van der Waals surface area (Å²) in [7, 11) is -4.29. The van der Waals surface area contributed by atoms with Gasteiger partial charge in [0.05, 0.1) is 25.9 Å². The van der Waals surface area contributed by atoms with Crippen LogP contribution >= 0.6 is 7.82 Å². The third-order valence-corrected chi connectivity index (χ3v) is 9.90. The van der Waals surface area contributed by atoms with Gasteiger partial charge in [-0.05, 0) is 64.2 Å². The first-order valence-corrected chi connectivity index (χ1v) is 22.4. The number of ether oxygens (including phenoxy) is 2. The number of unbranched alkanes of at least 4 members (excludes halogenated alkanes) is 20. The summed E-state index contributed by atoms with van der Waals surface area (Å²) < 4.78 is 33.3. The molecule has 0 aliphatic rings. The summed E-state index contributed by atoms with van der Waals surface area (Å²) >= 11 is 0. The second-order valence-electron chi connectivity index (χ2n) is 14.0. The molecule has 0 aliphatic carbocycles. The van der Waals surface area contributed by atoms with Crippen molar-refractivity contribution < 1.29 is 37.9 Å². The fourth-order valence-electron chi connectivity index (χ4n) is 5.77. The van der Waals surface area contributed by atoms with Crippen LogP contribution in [0, 0.1) is 0 Å². The second kappa shape index (κ2) is 38.7. The number of rotatable bonds is 40. The van der Waals surface area contributed by atoms with Gasteiger partial charge in [0.15, 0.2) is 0 Å². The lowest BCUT2D eigenvalue weighted by molar-refractivity contribution is -0.154. The van der Waals surface area contributed by atoms with Gasteiger partial charge in [0, 0.05) is 19.6 Å². The summed E-state index contributed by atoms with van der Waals surface area (Å²) in [5.41, 5.74) is 5.36. The van der Waals surface area contributed by atoms with Gasteiger partial charge in [-0.25, -0.2) is 4.57 Å². The zero-order valence-electron chi connectivity index (χ0n) is 33.0. The van der Waals surface area contributed by atoms with Crippen molar-refractivity contribution >= 4 is 13.8 Å². The quantitative estimate of drug-likeness (QED) is 0.0242. The van der Waals surface area contributed by atoms with Crippen molar-refractivity contribution in [2.24, 2.45) is 5.73 Å². The maximum Gasteiger partial charge on any atom is 0.472 e. The predicted molar refractivity (Wildman–Crippen MR) is 212 cm³/mol. The van der Waals surface area contributed by atoms with Crippen LogP contribution in [0.25, 0.3) is 0 Å². The van der Waals surface area contributed by atoms with Gasteiger partial charge in [-0.15, -0.1) is 0 Å². The minimum atomic E-state index is -4.29. The van der Waals surface area contributed by atoms with E-state index in [1.165, 1.54) is 89.9 Å². The van der Waals surface area contributed by atoms with E-state index >= 15 is 0 Å². The molecule has 0 radical (unpaired) electrons. The molecule has 0 aromatic carbocycles. The largest absolute Gasteiger partial charge is 0.472 e. The minimum absolute atomic E-state index is 0.0879. The van der Waals surface area contributed by atoms with E-state index < -0.39 is 13.9 Å². The van der Waals surface area contributed by atoms with Crippen molar-refractivity contribution in [1.29, 1.82) is 0 Å². The highest BCUT2D eigenvalue weighted by atomic mass is 31.2. The fraction of sp³-hybridized carbons (Fsp3) is 0.878. The number of phosphoric acid groups is 1. The van der Waals surface area contributed by atoms with Crippen LogP contribution in [0.5, 0.6) is 0 Å². The summed E-state index contributed by atoms with van der Waals surface area (Å²) in [6.07, 6.45) is 37.7. The van der Waals surface area contributed by atoms with Crippen molar-refractivity contribution in [3.8, 4) is 0 Å². The highest BCUT2D eigenvalue weighted by Gasteiger charge is 2.25. The highest BCUT2D eigenvalue weighted by molar-refractivity contribution is 7.47. The first kappa shape index (κ1) is 49.9.